The first-order valence-corrected chi connectivity index (χ1v) is 5.17. The fraction of sp³-hybridized carbons (Fsp3) is 0.364. The van der Waals surface area contributed by atoms with Crippen LogP contribution >= 0.6 is 0 Å². The van der Waals surface area contributed by atoms with Crippen LogP contribution in [0.3, 0.4) is 0 Å². The summed E-state index contributed by atoms with van der Waals surface area (Å²) in [6.07, 6.45) is 0. The van der Waals surface area contributed by atoms with Crippen molar-refractivity contribution in [3.05, 3.63) is 23.8 Å². The summed E-state index contributed by atoms with van der Waals surface area (Å²) in [5.41, 5.74) is 1.75. The monoisotopic (exact) mass is 222 g/mol. The third-order valence-electron chi connectivity index (χ3n) is 2.29. The lowest BCUT2D eigenvalue weighted by atomic mass is 10.1. The van der Waals surface area contributed by atoms with Crippen LogP contribution in [0.2, 0.25) is 0 Å². The Morgan fingerprint density at radius 3 is 3.19 bits per heavy atom. The molecule has 0 aromatic heterocycles. The number of carbonyl (C=O) groups is 1. The Labute approximate surface area is 93.4 Å². The van der Waals surface area contributed by atoms with Crippen LogP contribution < -0.4 is 15.4 Å². The number of rotatable bonds is 4. The maximum Gasteiger partial charge on any atom is 0.262 e. The van der Waals surface area contributed by atoms with Gasteiger partial charge in [-0.25, -0.2) is 0 Å². The van der Waals surface area contributed by atoms with Gasteiger partial charge in [0, 0.05) is 13.1 Å². The van der Waals surface area contributed by atoms with Gasteiger partial charge in [-0.3, -0.25) is 4.79 Å². The van der Waals surface area contributed by atoms with E-state index in [9.17, 15) is 4.79 Å². The van der Waals surface area contributed by atoms with Gasteiger partial charge in [-0.2, -0.15) is 0 Å². The second kappa shape index (κ2) is 4.96. The Kier molecular flexibility index (Phi) is 3.38. The quantitative estimate of drug-likeness (QED) is 0.632. The Morgan fingerprint density at radius 1 is 1.50 bits per heavy atom. The van der Waals surface area contributed by atoms with E-state index in [1.807, 2.05) is 18.2 Å². The van der Waals surface area contributed by atoms with Crippen LogP contribution in [0.4, 0.5) is 5.69 Å². The topological polar surface area (TPSA) is 70.6 Å². The number of aliphatic hydroxyl groups is 1. The number of fused-ring (bicyclic) bond motifs is 1. The highest BCUT2D eigenvalue weighted by atomic mass is 16.5. The predicted octanol–water partition coefficient (Wildman–Crippen LogP) is 0.0994. The molecule has 1 aliphatic heterocycles. The minimum Gasteiger partial charge on any atom is -0.482 e. The van der Waals surface area contributed by atoms with Gasteiger partial charge < -0.3 is 20.5 Å². The van der Waals surface area contributed by atoms with Crippen molar-refractivity contribution in [2.45, 2.75) is 6.54 Å². The van der Waals surface area contributed by atoms with Crippen LogP contribution in [0.25, 0.3) is 0 Å². The van der Waals surface area contributed by atoms with Gasteiger partial charge in [0.25, 0.3) is 5.91 Å². The molecular weight excluding hydrogens is 208 g/mol. The first-order chi connectivity index (χ1) is 7.79. The predicted molar refractivity (Wildman–Crippen MR) is 59.4 cm³/mol. The third kappa shape index (κ3) is 2.50. The van der Waals surface area contributed by atoms with Gasteiger partial charge in [-0.05, 0) is 17.7 Å². The molecule has 1 amide bonds. The molecule has 0 unspecified atom stereocenters. The molecule has 1 heterocycles. The third-order valence-corrected chi connectivity index (χ3v) is 2.29. The summed E-state index contributed by atoms with van der Waals surface area (Å²) in [7, 11) is 0. The van der Waals surface area contributed by atoms with Gasteiger partial charge in [0.15, 0.2) is 6.61 Å². The van der Waals surface area contributed by atoms with Crippen molar-refractivity contribution in [2.24, 2.45) is 0 Å². The molecule has 1 aromatic rings. The van der Waals surface area contributed by atoms with Crippen LogP contribution in [-0.2, 0) is 11.3 Å². The van der Waals surface area contributed by atoms with Crippen molar-refractivity contribution in [3.63, 3.8) is 0 Å². The van der Waals surface area contributed by atoms with E-state index < -0.39 is 0 Å². The molecule has 0 atom stereocenters. The molecule has 0 saturated carbocycles. The molecule has 86 valence electrons. The fourth-order valence-electron chi connectivity index (χ4n) is 1.55. The van der Waals surface area contributed by atoms with Gasteiger partial charge in [-0.1, -0.05) is 6.07 Å². The standard InChI is InChI=1S/C11H14N2O3/c14-4-3-12-6-8-1-2-10-9(5-8)13-11(15)7-16-10/h1-2,5,12,14H,3-4,6-7H2,(H,13,15). The molecule has 3 N–H and O–H groups in total. The number of hydrogen-bond donors (Lipinski definition) is 3. The highest BCUT2D eigenvalue weighted by molar-refractivity contribution is 5.95. The zero-order valence-corrected chi connectivity index (χ0v) is 8.82. The molecule has 0 radical (unpaired) electrons. The summed E-state index contributed by atoms with van der Waals surface area (Å²) < 4.78 is 5.24. The largest absolute Gasteiger partial charge is 0.482 e. The Hall–Kier alpha value is -1.59. The molecule has 5 nitrogen and oxygen atoms in total. The van der Waals surface area contributed by atoms with Crippen LogP contribution in [0.15, 0.2) is 18.2 Å². The molecule has 0 aliphatic carbocycles. The molecule has 1 aromatic carbocycles. The van der Waals surface area contributed by atoms with Crippen LogP contribution in [0, 0.1) is 0 Å². The lowest BCUT2D eigenvalue weighted by Crippen LogP contribution is -2.25. The molecular formula is C11H14N2O3. The summed E-state index contributed by atoms with van der Waals surface area (Å²) >= 11 is 0. The van der Waals surface area contributed by atoms with E-state index in [1.165, 1.54) is 0 Å². The summed E-state index contributed by atoms with van der Waals surface area (Å²) in [5, 5.41) is 14.4. The van der Waals surface area contributed by atoms with Crippen molar-refractivity contribution < 1.29 is 14.6 Å². The van der Waals surface area contributed by atoms with Crippen molar-refractivity contribution in [1.82, 2.24) is 5.32 Å². The van der Waals surface area contributed by atoms with Gasteiger partial charge in [0.2, 0.25) is 0 Å². The molecule has 5 heteroatoms. The zero-order valence-electron chi connectivity index (χ0n) is 8.82. The molecule has 0 spiro atoms. The van der Waals surface area contributed by atoms with E-state index in [0.29, 0.717) is 24.5 Å². The second-order valence-electron chi connectivity index (χ2n) is 3.57. The van der Waals surface area contributed by atoms with E-state index in [-0.39, 0.29) is 19.1 Å². The number of anilines is 1. The summed E-state index contributed by atoms with van der Waals surface area (Å²) in [6, 6.07) is 5.64. The summed E-state index contributed by atoms with van der Waals surface area (Å²) in [4.78, 5) is 11.1. The zero-order chi connectivity index (χ0) is 11.4. The summed E-state index contributed by atoms with van der Waals surface area (Å²) in [5.74, 6) is 0.568. The Morgan fingerprint density at radius 2 is 2.38 bits per heavy atom. The maximum absolute atomic E-state index is 11.1. The number of ether oxygens (including phenoxy) is 1. The van der Waals surface area contributed by atoms with E-state index in [0.717, 1.165) is 5.56 Å². The minimum atomic E-state index is -0.132. The molecule has 16 heavy (non-hydrogen) atoms. The van der Waals surface area contributed by atoms with E-state index in [1.54, 1.807) is 0 Å². The van der Waals surface area contributed by atoms with Gasteiger partial charge in [0.05, 0.1) is 12.3 Å². The fourth-order valence-corrected chi connectivity index (χ4v) is 1.55. The molecule has 1 aliphatic rings. The smallest absolute Gasteiger partial charge is 0.262 e. The first-order valence-electron chi connectivity index (χ1n) is 5.17. The number of benzene rings is 1. The van der Waals surface area contributed by atoms with Crippen LogP contribution in [0.1, 0.15) is 5.56 Å². The van der Waals surface area contributed by atoms with Gasteiger partial charge in [0.1, 0.15) is 5.75 Å². The highest BCUT2D eigenvalue weighted by Gasteiger charge is 2.15. The van der Waals surface area contributed by atoms with E-state index in [2.05, 4.69) is 10.6 Å². The highest BCUT2D eigenvalue weighted by Crippen LogP contribution is 2.28. The molecule has 0 saturated heterocycles. The van der Waals surface area contributed by atoms with Crippen molar-refractivity contribution in [2.75, 3.05) is 25.1 Å². The Bertz CT molecular complexity index is 393. The van der Waals surface area contributed by atoms with Crippen molar-refractivity contribution in [1.29, 1.82) is 0 Å². The van der Waals surface area contributed by atoms with Crippen molar-refractivity contribution >= 4 is 11.6 Å². The van der Waals surface area contributed by atoms with Crippen molar-refractivity contribution in [3.8, 4) is 5.75 Å². The second-order valence-corrected chi connectivity index (χ2v) is 3.57. The SMILES string of the molecule is O=C1COc2ccc(CNCCO)cc2N1. The number of amides is 1. The maximum atomic E-state index is 11.1. The molecule has 0 fully saturated rings. The molecule has 2 rings (SSSR count). The number of nitrogens with one attached hydrogen (secondary N) is 2. The van der Waals surface area contributed by atoms with Crippen LogP contribution in [-0.4, -0.2) is 30.8 Å². The average molecular weight is 222 g/mol. The van der Waals surface area contributed by atoms with E-state index >= 15 is 0 Å². The lowest BCUT2D eigenvalue weighted by molar-refractivity contribution is -0.118. The Balaban J connectivity index is 2.06. The minimum absolute atomic E-state index is 0.0785. The van der Waals surface area contributed by atoms with Gasteiger partial charge >= 0.3 is 0 Å². The first kappa shape index (κ1) is 10.9. The lowest BCUT2D eigenvalue weighted by Gasteiger charge is -2.18. The molecule has 0 bridgehead atoms. The van der Waals surface area contributed by atoms with Crippen LogP contribution in [0.5, 0.6) is 5.75 Å². The average Bonchev–Trinajstić information content (AvgIpc) is 2.29. The van der Waals surface area contributed by atoms with Gasteiger partial charge in [-0.15, -0.1) is 0 Å². The number of carbonyl (C=O) groups excluding carboxylic acids is 1. The normalized spacial score (nSPS) is 13.9. The number of aliphatic hydroxyl groups excluding tert-OH is 1. The number of hydrogen-bond acceptors (Lipinski definition) is 4. The summed E-state index contributed by atoms with van der Waals surface area (Å²) in [6.45, 7) is 1.41. The van der Waals surface area contributed by atoms with E-state index in [4.69, 9.17) is 9.84 Å².